The van der Waals surface area contributed by atoms with Gasteiger partial charge in [-0.25, -0.2) is 20.3 Å². The van der Waals surface area contributed by atoms with Gasteiger partial charge < -0.3 is 16.8 Å². The zero-order valence-electron chi connectivity index (χ0n) is 10.8. The molecule has 0 spiro atoms. The molecule has 0 unspecified atom stereocenters. The average molecular weight is 284 g/mol. The molecule has 2 aromatic rings. The fourth-order valence-corrected chi connectivity index (χ4v) is 1.72. The molecule has 2 amide bonds. The highest BCUT2D eigenvalue weighted by Crippen LogP contribution is 2.24. The predicted octanol–water partition coefficient (Wildman–Crippen LogP) is 1.63. The smallest absolute Gasteiger partial charge is 0.316 e. The molecule has 2 rings (SSSR count). The van der Waals surface area contributed by atoms with Gasteiger partial charge in [0.25, 0.3) is 0 Å². The Labute approximate surface area is 119 Å². The molecule has 0 aliphatic heterocycles. The van der Waals surface area contributed by atoms with Crippen LogP contribution in [0.3, 0.4) is 0 Å². The van der Waals surface area contributed by atoms with E-state index in [-0.39, 0.29) is 22.9 Å². The number of urea groups is 1. The topological polar surface area (TPSA) is 167 Å². The number of amides is 2. The maximum absolute atomic E-state index is 10.7. The summed E-state index contributed by atoms with van der Waals surface area (Å²) in [5.41, 5.74) is 19.0. The van der Waals surface area contributed by atoms with E-state index in [1.54, 1.807) is 24.3 Å². The Kier molecular flexibility index (Phi) is 3.84. The van der Waals surface area contributed by atoms with Crippen LogP contribution in [0.4, 0.5) is 22.1 Å². The maximum Gasteiger partial charge on any atom is 0.316 e. The first kappa shape index (κ1) is 14.1. The third-order valence-electron chi connectivity index (χ3n) is 2.65. The van der Waals surface area contributed by atoms with Crippen LogP contribution in [0.2, 0.25) is 0 Å². The largest absolute Gasteiger partial charge is 0.383 e. The minimum Gasteiger partial charge on any atom is -0.383 e. The minimum atomic E-state index is -0.672. The van der Waals surface area contributed by atoms with Gasteiger partial charge in [0, 0.05) is 11.3 Å². The van der Waals surface area contributed by atoms with Crippen LogP contribution < -0.4 is 16.8 Å². The van der Waals surface area contributed by atoms with Gasteiger partial charge in [0.15, 0.2) is 5.82 Å². The Morgan fingerprint density at radius 2 is 1.90 bits per heavy atom. The fourth-order valence-electron chi connectivity index (χ4n) is 1.72. The molecular formula is C12H12N8O. The van der Waals surface area contributed by atoms with Crippen molar-refractivity contribution < 1.29 is 4.79 Å². The number of anilines is 2. The highest BCUT2D eigenvalue weighted by molar-refractivity contribution is 6.15. The van der Waals surface area contributed by atoms with Gasteiger partial charge in [0.05, 0.1) is 11.3 Å². The molecule has 9 heteroatoms. The van der Waals surface area contributed by atoms with Crippen LogP contribution in [0.5, 0.6) is 0 Å². The van der Waals surface area contributed by atoms with Gasteiger partial charge in [-0.3, -0.25) is 5.41 Å². The molecule has 0 fully saturated rings. The number of nitrogens with two attached hydrogens (primary N) is 2. The van der Waals surface area contributed by atoms with E-state index < -0.39 is 6.03 Å². The molecule has 0 bridgehead atoms. The highest BCUT2D eigenvalue weighted by atomic mass is 16.2. The van der Waals surface area contributed by atoms with Crippen LogP contribution in [-0.4, -0.2) is 21.7 Å². The zero-order chi connectivity index (χ0) is 15.4. The van der Waals surface area contributed by atoms with Crippen molar-refractivity contribution in [1.82, 2.24) is 9.97 Å². The van der Waals surface area contributed by atoms with Gasteiger partial charge in [-0.05, 0) is 12.1 Å². The SMILES string of the molecule is N=Nc1ncnc(N)c1C(=N)c1ccc(NC(N)=O)cc1. The molecule has 1 aromatic heterocycles. The molecule has 106 valence electrons. The normalized spacial score (nSPS) is 9.90. The molecule has 9 nitrogen and oxygen atoms in total. The number of benzene rings is 1. The van der Waals surface area contributed by atoms with Gasteiger partial charge in [-0.1, -0.05) is 12.1 Å². The second kappa shape index (κ2) is 5.74. The molecule has 0 aliphatic carbocycles. The number of primary amides is 1. The lowest BCUT2D eigenvalue weighted by Gasteiger charge is -2.09. The molecule has 0 saturated heterocycles. The van der Waals surface area contributed by atoms with E-state index >= 15 is 0 Å². The van der Waals surface area contributed by atoms with E-state index in [1.807, 2.05) is 0 Å². The number of aromatic nitrogens is 2. The monoisotopic (exact) mass is 284 g/mol. The van der Waals surface area contributed by atoms with Gasteiger partial charge in [-0.15, -0.1) is 5.11 Å². The summed E-state index contributed by atoms with van der Waals surface area (Å²) in [7, 11) is 0. The third kappa shape index (κ3) is 2.97. The first-order valence-corrected chi connectivity index (χ1v) is 5.76. The van der Waals surface area contributed by atoms with E-state index in [4.69, 9.17) is 22.4 Å². The Bertz CT molecular complexity index is 710. The Hall–Kier alpha value is -3.36. The van der Waals surface area contributed by atoms with Crippen molar-refractivity contribution in [3.05, 3.63) is 41.7 Å². The Morgan fingerprint density at radius 3 is 2.48 bits per heavy atom. The molecular weight excluding hydrogens is 272 g/mol. The number of carbonyl (C=O) groups excluding carboxylic acids is 1. The first-order chi connectivity index (χ1) is 10.0. The quantitative estimate of drug-likeness (QED) is 0.425. The summed E-state index contributed by atoms with van der Waals surface area (Å²) in [5, 5.41) is 13.8. The molecule has 0 atom stereocenters. The molecule has 1 aromatic carbocycles. The molecule has 0 radical (unpaired) electrons. The van der Waals surface area contributed by atoms with Crippen LogP contribution >= 0.6 is 0 Å². The molecule has 0 aliphatic rings. The summed E-state index contributed by atoms with van der Waals surface area (Å²) in [6.07, 6.45) is 1.18. The summed E-state index contributed by atoms with van der Waals surface area (Å²) >= 11 is 0. The lowest BCUT2D eigenvalue weighted by molar-refractivity contribution is 0.259. The second-order valence-electron chi connectivity index (χ2n) is 4.01. The summed E-state index contributed by atoms with van der Waals surface area (Å²) in [5.74, 6) is 0.0900. The number of nitrogens with one attached hydrogen (secondary N) is 3. The summed E-state index contributed by atoms with van der Waals surface area (Å²) in [4.78, 5) is 18.3. The average Bonchev–Trinajstić information content (AvgIpc) is 2.46. The Morgan fingerprint density at radius 1 is 1.24 bits per heavy atom. The van der Waals surface area contributed by atoms with E-state index in [9.17, 15) is 4.79 Å². The van der Waals surface area contributed by atoms with E-state index in [2.05, 4.69) is 20.4 Å². The highest BCUT2D eigenvalue weighted by Gasteiger charge is 2.15. The van der Waals surface area contributed by atoms with E-state index in [0.29, 0.717) is 11.3 Å². The van der Waals surface area contributed by atoms with Crippen molar-refractivity contribution in [3.63, 3.8) is 0 Å². The van der Waals surface area contributed by atoms with Crippen molar-refractivity contribution >= 4 is 29.1 Å². The zero-order valence-corrected chi connectivity index (χ0v) is 10.8. The van der Waals surface area contributed by atoms with Gasteiger partial charge in [0.2, 0.25) is 0 Å². The third-order valence-corrected chi connectivity index (χ3v) is 2.65. The molecule has 1 heterocycles. The van der Waals surface area contributed by atoms with Crippen LogP contribution in [-0.2, 0) is 0 Å². The minimum absolute atomic E-state index is 0.0202. The van der Waals surface area contributed by atoms with Crippen LogP contribution in [0.15, 0.2) is 35.7 Å². The number of carbonyl (C=O) groups is 1. The number of hydrogen-bond donors (Lipinski definition) is 5. The fraction of sp³-hybridized carbons (Fsp3) is 0. The summed E-state index contributed by atoms with van der Waals surface area (Å²) < 4.78 is 0. The van der Waals surface area contributed by atoms with Gasteiger partial charge in [0.1, 0.15) is 12.1 Å². The van der Waals surface area contributed by atoms with Gasteiger partial charge in [-0.2, -0.15) is 0 Å². The van der Waals surface area contributed by atoms with Crippen LogP contribution in [0, 0.1) is 10.9 Å². The Balaban J connectivity index is 2.37. The lowest BCUT2D eigenvalue weighted by atomic mass is 10.0. The number of hydrogen-bond acceptors (Lipinski definition) is 7. The van der Waals surface area contributed by atoms with Crippen LogP contribution in [0.25, 0.3) is 0 Å². The van der Waals surface area contributed by atoms with Crippen molar-refractivity contribution in [2.45, 2.75) is 0 Å². The number of rotatable bonds is 4. The number of nitrogens with zero attached hydrogens (tertiary/aromatic N) is 3. The lowest BCUT2D eigenvalue weighted by Crippen LogP contribution is -2.19. The predicted molar refractivity (Wildman–Crippen MR) is 76.8 cm³/mol. The molecule has 0 saturated carbocycles. The van der Waals surface area contributed by atoms with Gasteiger partial charge >= 0.3 is 6.03 Å². The standard InChI is InChI=1S/C12H12N8O/c13-9(8-10(14)17-5-18-11(8)20-16)6-1-3-7(4-2-6)19-12(15)21/h1-5,13,16H,(H2,14,17,18)(H3,15,19,21). The summed E-state index contributed by atoms with van der Waals surface area (Å²) in [6, 6.07) is 5.72. The van der Waals surface area contributed by atoms with Crippen molar-refractivity contribution in [3.8, 4) is 0 Å². The first-order valence-electron chi connectivity index (χ1n) is 5.76. The molecule has 7 N–H and O–H groups in total. The van der Waals surface area contributed by atoms with Crippen molar-refractivity contribution in [1.29, 1.82) is 10.9 Å². The van der Waals surface area contributed by atoms with Crippen LogP contribution in [0.1, 0.15) is 11.1 Å². The van der Waals surface area contributed by atoms with E-state index in [1.165, 1.54) is 6.33 Å². The summed E-state index contributed by atoms with van der Waals surface area (Å²) in [6.45, 7) is 0. The van der Waals surface area contributed by atoms with Crippen molar-refractivity contribution in [2.75, 3.05) is 11.1 Å². The molecule has 21 heavy (non-hydrogen) atoms. The second-order valence-corrected chi connectivity index (χ2v) is 4.01. The van der Waals surface area contributed by atoms with E-state index in [0.717, 1.165) is 0 Å². The maximum atomic E-state index is 10.7. The van der Waals surface area contributed by atoms with Crippen molar-refractivity contribution in [2.24, 2.45) is 10.8 Å². The number of nitrogen functional groups attached to an aromatic ring is 1.